The molecule has 1 N–H and O–H groups in total. The molecule has 0 saturated carbocycles. The van der Waals surface area contributed by atoms with E-state index >= 15 is 0 Å². The number of piperidine rings is 1. The summed E-state index contributed by atoms with van der Waals surface area (Å²) in [6.07, 6.45) is 3.90. The summed E-state index contributed by atoms with van der Waals surface area (Å²) in [4.78, 5) is 0. The Morgan fingerprint density at radius 2 is 1.61 bits per heavy atom. The van der Waals surface area contributed by atoms with E-state index in [0.29, 0.717) is 6.04 Å². The normalized spacial score (nSPS) is 19.7. The predicted molar refractivity (Wildman–Crippen MR) is 76.5 cm³/mol. The summed E-state index contributed by atoms with van der Waals surface area (Å²) in [6.45, 7) is 1.15. The number of hydrogen-bond donors (Lipinski definition) is 1. The lowest BCUT2D eigenvalue weighted by atomic mass is 9.90. The molecule has 0 aliphatic carbocycles. The van der Waals surface area contributed by atoms with Crippen LogP contribution in [-0.2, 0) is 0 Å². The van der Waals surface area contributed by atoms with Crippen molar-refractivity contribution in [1.29, 1.82) is 0 Å². The van der Waals surface area contributed by atoms with E-state index in [0.717, 1.165) is 6.54 Å². The first-order valence-electron chi connectivity index (χ1n) is 6.83. The molecule has 0 amide bonds. The smallest absolute Gasteiger partial charge is 0.0326 e. The molecule has 0 aromatic heterocycles. The molecule has 1 nitrogen and oxygen atoms in total. The van der Waals surface area contributed by atoms with E-state index < -0.39 is 0 Å². The van der Waals surface area contributed by atoms with Crippen LogP contribution in [0.3, 0.4) is 0 Å². The van der Waals surface area contributed by atoms with Gasteiger partial charge in [0.25, 0.3) is 0 Å². The zero-order chi connectivity index (χ0) is 12.2. The van der Waals surface area contributed by atoms with Crippen LogP contribution in [0.25, 0.3) is 11.1 Å². The van der Waals surface area contributed by atoms with Gasteiger partial charge in [0.1, 0.15) is 0 Å². The van der Waals surface area contributed by atoms with E-state index in [9.17, 15) is 0 Å². The van der Waals surface area contributed by atoms with Crippen LogP contribution in [0, 0.1) is 0 Å². The molecule has 1 fully saturated rings. The maximum Gasteiger partial charge on any atom is 0.0326 e. The largest absolute Gasteiger partial charge is 0.310 e. The van der Waals surface area contributed by atoms with Crippen LogP contribution >= 0.6 is 0 Å². The van der Waals surface area contributed by atoms with Crippen molar-refractivity contribution < 1.29 is 0 Å². The fourth-order valence-electron chi connectivity index (χ4n) is 2.80. The van der Waals surface area contributed by atoms with Crippen molar-refractivity contribution in [2.45, 2.75) is 25.3 Å². The fraction of sp³-hybridized carbons (Fsp3) is 0.294. The topological polar surface area (TPSA) is 12.0 Å². The van der Waals surface area contributed by atoms with E-state index in [2.05, 4.69) is 59.9 Å². The number of nitrogens with one attached hydrogen (secondary N) is 1. The van der Waals surface area contributed by atoms with Gasteiger partial charge in [-0.1, -0.05) is 61.0 Å². The first kappa shape index (κ1) is 11.5. The van der Waals surface area contributed by atoms with Crippen molar-refractivity contribution in [3.63, 3.8) is 0 Å². The summed E-state index contributed by atoms with van der Waals surface area (Å²) in [6, 6.07) is 20.0. The van der Waals surface area contributed by atoms with Crippen LogP contribution in [0.2, 0.25) is 0 Å². The molecule has 0 unspecified atom stereocenters. The molecule has 18 heavy (non-hydrogen) atoms. The van der Waals surface area contributed by atoms with Crippen molar-refractivity contribution in [2.24, 2.45) is 0 Å². The van der Waals surface area contributed by atoms with Crippen molar-refractivity contribution in [3.8, 4) is 11.1 Å². The quantitative estimate of drug-likeness (QED) is 0.826. The van der Waals surface area contributed by atoms with Gasteiger partial charge in [-0.3, -0.25) is 0 Å². The highest BCUT2D eigenvalue weighted by molar-refractivity contribution is 5.67. The van der Waals surface area contributed by atoms with Crippen LogP contribution in [0.1, 0.15) is 30.9 Å². The third-order valence-electron chi connectivity index (χ3n) is 3.73. The molecule has 0 bridgehead atoms. The van der Waals surface area contributed by atoms with Gasteiger partial charge in [-0.25, -0.2) is 0 Å². The Morgan fingerprint density at radius 3 is 2.39 bits per heavy atom. The molecule has 0 spiro atoms. The average molecular weight is 237 g/mol. The Labute approximate surface area is 109 Å². The maximum absolute atomic E-state index is 3.65. The van der Waals surface area contributed by atoms with Crippen LogP contribution in [0.5, 0.6) is 0 Å². The molecule has 1 saturated heterocycles. The summed E-state index contributed by atoms with van der Waals surface area (Å²) in [5, 5.41) is 3.65. The minimum absolute atomic E-state index is 0.523. The number of rotatable bonds is 2. The van der Waals surface area contributed by atoms with Crippen LogP contribution in [0.15, 0.2) is 54.6 Å². The van der Waals surface area contributed by atoms with Gasteiger partial charge in [0.2, 0.25) is 0 Å². The molecular formula is C17H19N. The summed E-state index contributed by atoms with van der Waals surface area (Å²) in [5.41, 5.74) is 4.14. The number of hydrogen-bond acceptors (Lipinski definition) is 1. The Morgan fingerprint density at radius 1 is 0.833 bits per heavy atom. The molecule has 1 heteroatoms. The molecule has 1 heterocycles. The summed E-state index contributed by atoms with van der Waals surface area (Å²) >= 11 is 0. The van der Waals surface area contributed by atoms with Crippen LogP contribution in [0.4, 0.5) is 0 Å². The molecule has 1 aliphatic rings. The first-order valence-corrected chi connectivity index (χ1v) is 6.83. The molecule has 1 atom stereocenters. The lowest BCUT2D eigenvalue weighted by Crippen LogP contribution is -2.27. The molecule has 2 aromatic rings. The Hall–Kier alpha value is -1.60. The van der Waals surface area contributed by atoms with Gasteiger partial charge in [0.05, 0.1) is 0 Å². The SMILES string of the molecule is c1ccc(-c2ccccc2[C@@H]2CCCCN2)cc1. The monoisotopic (exact) mass is 237 g/mol. The standard InChI is InChI=1S/C17H19N/c1-2-8-14(9-3-1)15-10-4-5-11-16(15)17-12-6-7-13-18-17/h1-5,8-11,17-18H,6-7,12-13H2/t17-/m0/s1. The lowest BCUT2D eigenvalue weighted by molar-refractivity contribution is 0.413. The second kappa shape index (κ2) is 5.36. The highest BCUT2D eigenvalue weighted by atomic mass is 14.9. The van der Waals surface area contributed by atoms with Gasteiger partial charge in [-0.2, -0.15) is 0 Å². The lowest BCUT2D eigenvalue weighted by Gasteiger charge is -2.26. The minimum Gasteiger partial charge on any atom is -0.310 e. The molecule has 2 aromatic carbocycles. The van der Waals surface area contributed by atoms with Crippen LogP contribution in [-0.4, -0.2) is 6.54 Å². The summed E-state index contributed by atoms with van der Waals surface area (Å²) in [7, 11) is 0. The number of benzene rings is 2. The maximum atomic E-state index is 3.65. The Kier molecular flexibility index (Phi) is 3.42. The highest BCUT2D eigenvalue weighted by Crippen LogP contribution is 2.31. The van der Waals surface area contributed by atoms with Gasteiger partial charge in [0, 0.05) is 6.04 Å². The first-order chi connectivity index (χ1) is 8.95. The van der Waals surface area contributed by atoms with Gasteiger partial charge in [-0.05, 0) is 36.1 Å². The van der Waals surface area contributed by atoms with Gasteiger partial charge in [-0.15, -0.1) is 0 Å². The van der Waals surface area contributed by atoms with Crippen molar-refractivity contribution in [3.05, 3.63) is 60.2 Å². The zero-order valence-electron chi connectivity index (χ0n) is 10.6. The Bertz CT molecular complexity index is 498. The third kappa shape index (κ3) is 2.32. The van der Waals surface area contributed by atoms with Gasteiger partial charge in [0.15, 0.2) is 0 Å². The Balaban J connectivity index is 1.99. The van der Waals surface area contributed by atoms with Crippen LogP contribution < -0.4 is 5.32 Å². The second-order valence-corrected chi connectivity index (χ2v) is 4.96. The molecule has 3 rings (SSSR count). The molecule has 0 radical (unpaired) electrons. The van der Waals surface area contributed by atoms with Gasteiger partial charge >= 0.3 is 0 Å². The molecule has 1 aliphatic heterocycles. The van der Waals surface area contributed by atoms with Crippen molar-refractivity contribution >= 4 is 0 Å². The van der Waals surface area contributed by atoms with E-state index in [1.807, 2.05) is 0 Å². The fourth-order valence-corrected chi connectivity index (χ4v) is 2.80. The van der Waals surface area contributed by atoms with E-state index in [1.165, 1.54) is 36.0 Å². The zero-order valence-corrected chi connectivity index (χ0v) is 10.6. The summed E-state index contributed by atoms with van der Waals surface area (Å²) < 4.78 is 0. The van der Waals surface area contributed by atoms with E-state index in [1.54, 1.807) is 0 Å². The minimum atomic E-state index is 0.523. The highest BCUT2D eigenvalue weighted by Gasteiger charge is 2.17. The third-order valence-corrected chi connectivity index (χ3v) is 3.73. The molecule has 92 valence electrons. The average Bonchev–Trinajstić information content (AvgIpc) is 2.49. The van der Waals surface area contributed by atoms with E-state index in [-0.39, 0.29) is 0 Å². The van der Waals surface area contributed by atoms with Crippen molar-refractivity contribution in [2.75, 3.05) is 6.54 Å². The van der Waals surface area contributed by atoms with E-state index in [4.69, 9.17) is 0 Å². The van der Waals surface area contributed by atoms with Crippen molar-refractivity contribution in [1.82, 2.24) is 5.32 Å². The second-order valence-electron chi connectivity index (χ2n) is 4.96. The summed E-state index contributed by atoms with van der Waals surface area (Å²) in [5.74, 6) is 0. The molecular weight excluding hydrogens is 218 g/mol. The van der Waals surface area contributed by atoms with Gasteiger partial charge < -0.3 is 5.32 Å². The predicted octanol–water partition coefficient (Wildman–Crippen LogP) is 4.17.